The van der Waals surface area contributed by atoms with Crippen LogP contribution in [0, 0.1) is 19.8 Å². The predicted octanol–water partition coefficient (Wildman–Crippen LogP) is 2.60. The number of hydrogen-bond acceptors (Lipinski definition) is 3. The lowest BCUT2D eigenvalue weighted by molar-refractivity contribution is 0.252. The molecule has 0 radical (unpaired) electrons. The van der Waals surface area contributed by atoms with Crippen molar-refractivity contribution in [2.45, 2.75) is 38.1 Å². The van der Waals surface area contributed by atoms with Gasteiger partial charge in [-0.1, -0.05) is 17.7 Å². The van der Waals surface area contributed by atoms with Crippen LogP contribution in [0.15, 0.2) is 41.6 Å². The monoisotopic (exact) mass is 333 g/mol. The molecule has 1 saturated heterocycles. The molecule has 0 unspecified atom stereocenters. The lowest BCUT2D eigenvalue weighted by Crippen LogP contribution is -2.39. The van der Waals surface area contributed by atoms with Gasteiger partial charge in [0, 0.05) is 32.0 Å². The van der Waals surface area contributed by atoms with E-state index in [2.05, 4.69) is 9.55 Å². The van der Waals surface area contributed by atoms with E-state index in [4.69, 9.17) is 0 Å². The Morgan fingerprint density at radius 1 is 1.13 bits per heavy atom. The minimum atomic E-state index is -3.36. The van der Waals surface area contributed by atoms with Crippen LogP contribution in [0.4, 0.5) is 0 Å². The van der Waals surface area contributed by atoms with Gasteiger partial charge in [-0.3, -0.25) is 0 Å². The molecular formula is C17H23N3O2S. The van der Waals surface area contributed by atoms with Crippen LogP contribution >= 0.6 is 0 Å². The highest BCUT2D eigenvalue weighted by Crippen LogP contribution is 2.25. The third kappa shape index (κ3) is 3.48. The predicted molar refractivity (Wildman–Crippen MR) is 89.6 cm³/mol. The summed E-state index contributed by atoms with van der Waals surface area (Å²) in [5, 5.41) is 0. The Labute approximate surface area is 138 Å². The number of nitrogens with zero attached hydrogens (tertiary/aromatic N) is 3. The maximum atomic E-state index is 12.7. The van der Waals surface area contributed by atoms with Crippen LogP contribution in [0.2, 0.25) is 0 Å². The minimum Gasteiger partial charge on any atom is -0.335 e. The molecule has 0 aliphatic carbocycles. The number of aromatic nitrogens is 2. The van der Waals surface area contributed by atoms with Crippen LogP contribution in [-0.4, -0.2) is 35.4 Å². The van der Waals surface area contributed by atoms with Crippen molar-refractivity contribution in [3.8, 4) is 0 Å². The van der Waals surface area contributed by atoms with Gasteiger partial charge in [0.05, 0.1) is 4.90 Å². The quantitative estimate of drug-likeness (QED) is 0.864. The number of imidazole rings is 1. The van der Waals surface area contributed by atoms with Crippen LogP contribution in [0.25, 0.3) is 0 Å². The molecule has 1 aliphatic heterocycles. The van der Waals surface area contributed by atoms with Gasteiger partial charge in [0.2, 0.25) is 10.0 Å². The zero-order valence-corrected chi connectivity index (χ0v) is 14.5. The standard InChI is InChI=1S/C17H23N3O2S/c1-14-3-5-17(6-4-14)23(21,22)20-10-7-16(8-11-20)13-19-12-9-18-15(19)2/h3-6,9,12,16H,7-8,10-11,13H2,1-2H3. The summed E-state index contributed by atoms with van der Waals surface area (Å²) in [6, 6.07) is 7.10. The van der Waals surface area contributed by atoms with Crippen LogP contribution in [0.3, 0.4) is 0 Å². The molecule has 0 saturated carbocycles. The first-order chi connectivity index (χ1) is 11.0. The molecule has 23 heavy (non-hydrogen) atoms. The summed E-state index contributed by atoms with van der Waals surface area (Å²) >= 11 is 0. The SMILES string of the molecule is Cc1ccc(S(=O)(=O)N2CCC(Cn3ccnc3C)CC2)cc1. The summed E-state index contributed by atoms with van der Waals surface area (Å²) in [4.78, 5) is 4.64. The van der Waals surface area contributed by atoms with Crippen molar-refractivity contribution < 1.29 is 8.42 Å². The van der Waals surface area contributed by atoms with Crippen LogP contribution < -0.4 is 0 Å². The minimum absolute atomic E-state index is 0.395. The van der Waals surface area contributed by atoms with E-state index in [1.54, 1.807) is 16.4 Å². The topological polar surface area (TPSA) is 55.2 Å². The van der Waals surface area contributed by atoms with Crippen molar-refractivity contribution in [1.29, 1.82) is 0 Å². The molecule has 1 aromatic carbocycles. The summed E-state index contributed by atoms with van der Waals surface area (Å²) in [6.07, 6.45) is 5.59. The molecule has 1 aromatic heterocycles. The molecule has 3 rings (SSSR count). The van der Waals surface area contributed by atoms with E-state index in [0.717, 1.165) is 30.8 Å². The molecule has 1 aliphatic rings. The fourth-order valence-electron chi connectivity index (χ4n) is 3.07. The first kappa shape index (κ1) is 16.2. The van der Waals surface area contributed by atoms with E-state index in [1.807, 2.05) is 38.4 Å². The molecule has 5 nitrogen and oxygen atoms in total. The molecule has 0 amide bonds. The van der Waals surface area contributed by atoms with Crippen LogP contribution in [0.1, 0.15) is 24.2 Å². The summed E-state index contributed by atoms with van der Waals surface area (Å²) in [5.74, 6) is 1.52. The number of piperidine rings is 1. The van der Waals surface area contributed by atoms with Crippen molar-refractivity contribution in [3.63, 3.8) is 0 Å². The Morgan fingerprint density at radius 3 is 2.35 bits per heavy atom. The lowest BCUT2D eigenvalue weighted by Gasteiger charge is -2.31. The molecule has 0 spiro atoms. The van der Waals surface area contributed by atoms with Crippen molar-refractivity contribution >= 4 is 10.0 Å². The molecule has 0 N–H and O–H groups in total. The van der Waals surface area contributed by atoms with E-state index < -0.39 is 10.0 Å². The average molecular weight is 333 g/mol. The molecule has 0 atom stereocenters. The van der Waals surface area contributed by atoms with Gasteiger partial charge in [-0.05, 0) is 44.7 Å². The zero-order chi connectivity index (χ0) is 16.4. The number of benzene rings is 1. The van der Waals surface area contributed by atoms with E-state index in [9.17, 15) is 8.42 Å². The van der Waals surface area contributed by atoms with Crippen molar-refractivity contribution in [2.75, 3.05) is 13.1 Å². The molecule has 6 heteroatoms. The highest BCUT2D eigenvalue weighted by atomic mass is 32.2. The summed E-state index contributed by atoms with van der Waals surface area (Å²) < 4.78 is 29.1. The van der Waals surface area contributed by atoms with Gasteiger partial charge < -0.3 is 4.57 Å². The average Bonchev–Trinajstić information content (AvgIpc) is 2.93. The molecule has 124 valence electrons. The first-order valence-electron chi connectivity index (χ1n) is 8.01. The highest BCUT2D eigenvalue weighted by molar-refractivity contribution is 7.89. The Balaban J connectivity index is 1.64. The van der Waals surface area contributed by atoms with Gasteiger partial charge in [0.25, 0.3) is 0 Å². The highest BCUT2D eigenvalue weighted by Gasteiger charge is 2.29. The van der Waals surface area contributed by atoms with E-state index >= 15 is 0 Å². The molecule has 1 fully saturated rings. The van der Waals surface area contributed by atoms with Gasteiger partial charge >= 0.3 is 0 Å². The summed E-state index contributed by atoms with van der Waals surface area (Å²) in [7, 11) is -3.36. The lowest BCUT2D eigenvalue weighted by atomic mass is 9.98. The number of aryl methyl sites for hydroxylation is 2. The molecule has 2 aromatic rings. The second-order valence-electron chi connectivity index (χ2n) is 6.29. The van der Waals surface area contributed by atoms with Gasteiger partial charge in [0.15, 0.2) is 0 Å². The summed E-state index contributed by atoms with van der Waals surface area (Å²) in [6.45, 7) is 6.06. The fourth-order valence-corrected chi connectivity index (χ4v) is 4.54. The van der Waals surface area contributed by atoms with Crippen molar-refractivity contribution in [2.24, 2.45) is 5.92 Å². The maximum absolute atomic E-state index is 12.7. The maximum Gasteiger partial charge on any atom is 0.243 e. The van der Waals surface area contributed by atoms with E-state index in [0.29, 0.717) is 23.9 Å². The van der Waals surface area contributed by atoms with Crippen LogP contribution in [0.5, 0.6) is 0 Å². The van der Waals surface area contributed by atoms with Gasteiger partial charge in [-0.2, -0.15) is 4.31 Å². The fraction of sp³-hybridized carbons (Fsp3) is 0.471. The number of rotatable bonds is 4. The van der Waals surface area contributed by atoms with Gasteiger partial charge in [-0.25, -0.2) is 13.4 Å². The zero-order valence-electron chi connectivity index (χ0n) is 13.6. The second-order valence-corrected chi connectivity index (χ2v) is 8.23. The Hall–Kier alpha value is -1.66. The third-order valence-electron chi connectivity index (χ3n) is 4.61. The Morgan fingerprint density at radius 2 is 1.78 bits per heavy atom. The smallest absolute Gasteiger partial charge is 0.243 e. The second kappa shape index (κ2) is 6.45. The van der Waals surface area contributed by atoms with Crippen molar-refractivity contribution in [1.82, 2.24) is 13.9 Å². The molecular weight excluding hydrogens is 310 g/mol. The molecule has 2 heterocycles. The summed E-state index contributed by atoms with van der Waals surface area (Å²) in [5.41, 5.74) is 1.07. The first-order valence-corrected chi connectivity index (χ1v) is 9.45. The van der Waals surface area contributed by atoms with Crippen LogP contribution in [-0.2, 0) is 16.6 Å². The molecule has 0 bridgehead atoms. The van der Waals surface area contributed by atoms with Gasteiger partial charge in [0.1, 0.15) is 5.82 Å². The normalized spacial score (nSPS) is 17.5. The Bertz CT molecular complexity index is 757. The largest absolute Gasteiger partial charge is 0.335 e. The number of hydrogen-bond donors (Lipinski definition) is 0. The van der Waals surface area contributed by atoms with E-state index in [1.165, 1.54) is 0 Å². The van der Waals surface area contributed by atoms with Gasteiger partial charge in [-0.15, -0.1) is 0 Å². The number of sulfonamides is 1. The third-order valence-corrected chi connectivity index (χ3v) is 6.52. The van der Waals surface area contributed by atoms with Crippen molar-refractivity contribution in [3.05, 3.63) is 48.0 Å². The Kier molecular flexibility index (Phi) is 4.55. The van der Waals surface area contributed by atoms with E-state index in [-0.39, 0.29) is 0 Å².